The predicted octanol–water partition coefficient (Wildman–Crippen LogP) is 3.99. The molecule has 0 saturated carbocycles. The summed E-state index contributed by atoms with van der Waals surface area (Å²) in [5.41, 5.74) is 4.35. The lowest BCUT2D eigenvalue weighted by Crippen LogP contribution is -2.09. The van der Waals surface area contributed by atoms with E-state index in [4.69, 9.17) is 0 Å². The van der Waals surface area contributed by atoms with Crippen LogP contribution in [0.15, 0.2) is 48.5 Å². The molecule has 0 spiro atoms. The molecule has 98 valence electrons. The lowest BCUT2D eigenvalue weighted by molar-refractivity contribution is 0.0986. The lowest BCUT2D eigenvalue weighted by Gasteiger charge is -2.09. The Hall–Kier alpha value is -2.09. The third-order valence-corrected chi connectivity index (χ3v) is 3.15. The van der Waals surface area contributed by atoms with E-state index in [1.165, 1.54) is 11.1 Å². The molecule has 2 aromatic rings. The quantitative estimate of drug-likeness (QED) is 0.816. The van der Waals surface area contributed by atoms with Gasteiger partial charge in [-0.05, 0) is 25.5 Å². The number of anilines is 1. The minimum Gasteiger partial charge on any atom is -0.384 e. The molecule has 0 atom stereocenters. The molecule has 0 saturated heterocycles. The van der Waals surface area contributed by atoms with Gasteiger partial charge in [-0.25, -0.2) is 0 Å². The molecule has 0 amide bonds. The van der Waals surface area contributed by atoms with Crippen molar-refractivity contribution >= 4 is 11.5 Å². The van der Waals surface area contributed by atoms with Crippen LogP contribution in [0.25, 0.3) is 0 Å². The number of nitrogens with one attached hydrogen (secondary N) is 1. The highest BCUT2D eigenvalue weighted by molar-refractivity contribution is 5.96. The second-order valence-corrected chi connectivity index (χ2v) is 4.78. The molecule has 2 heteroatoms. The largest absolute Gasteiger partial charge is 0.384 e. The Labute approximate surface area is 114 Å². The molecule has 19 heavy (non-hydrogen) atoms. The topological polar surface area (TPSA) is 29.1 Å². The van der Waals surface area contributed by atoms with Gasteiger partial charge in [0.1, 0.15) is 0 Å². The highest BCUT2D eigenvalue weighted by Crippen LogP contribution is 2.16. The van der Waals surface area contributed by atoms with Gasteiger partial charge < -0.3 is 5.32 Å². The number of hydrogen-bond acceptors (Lipinski definition) is 2. The maximum Gasteiger partial charge on any atom is 0.164 e. The number of Topliss-reactive ketones (excluding diaryl/α,β-unsaturated/α-hetero) is 1. The molecule has 0 fully saturated rings. The van der Waals surface area contributed by atoms with Crippen LogP contribution in [0.2, 0.25) is 0 Å². The average Bonchev–Trinajstić information content (AvgIpc) is 2.42. The summed E-state index contributed by atoms with van der Waals surface area (Å²) in [6.45, 7) is 4.82. The van der Waals surface area contributed by atoms with Crippen LogP contribution < -0.4 is 5.32 Å². The fourth-order valence-corrected chi connectivity index (χ4v) is 2.09. The fraction of sp³-hybridized carbons (Fsp3) is 0.235. The Balaban J connectivity index is 1.88. The predicted molar refractivity (Wildman–Crippen MR) is 79.8 cm³/mol. The van der Waals surface area contributed by atoms with Crippen molar-refractivity contribution in [3.63, 3.8) is 0 Å². The number of aryl methyl sites for hydroxylation is 2. The summed E-state index contributed by atoms with van der Waals surface area (Å²) in [5.74, 6) is 0.179. The van der Waals surface area contributed by atoms with Gasteiger partial charge in [-0.15, -0.1) is 0 Å². The van der Waals surface area contributed by atoms with Crippen molar-refractivity contribution in [3.05, 3.63) is 65.2 Å². The van der Waals surface area contributed by atoms with E-state index in [0.29, 0.717) is 13.0 Å². The molecule has 0 aliphatic rings. The molecule has 1 N–H and O–H groups in total. The first-order valence-electron chi connectivity index (χ1n) is 6.56. The van der Waals surface area contributed by atoms with E-state index in [2.05, 4.69) is 37.4 Å². The zero-order chi connectivity index (χ0) is 13.7. The van der Waals surface area contributed by atoms with Gasteiger partial charge >= 0.3 is 0 Å². The van der Waals surface area contributed by atoms with E-state index in [-0.39, 0.29) is 5.78 Å². The van der Waals surface area contributed by atoms with Crippen molar-refractivity contribution in [2.24, 2.45) is 0 Å². The van der Waals surface area contributed by atoms with Crippen LogP contribution in [-0.4, -0.2) is 12.3 Å². The second-order valence-electron chi connectivity index (χ2n) is 4.78. The zero-order valence-corrected chi connectivity index (χ0v) is 11.4. The standard InChI is InChI=1S/C17H19NO/c1-13-8-9-16(14(2)12-13)18-11-10-17(19)15-6-4-3-5-7-15/h3-9,12,18H,10-11H2,1-2H3. The number of rotatable bonds is 5. The summed E-state index contributed by atoms with van der Waals surface area (Å²) < 4.78 is 0. The summed E-state index contributed by atoms with van der Waals surface area (Å²) in [4.78, 5) is 11.9. The van der Waals surface area contributed by atoms with Crippen LogP contribution in [0.3, 0.4) is 0 Å². The van der Waals surface area contributed by atoms with Crippen LogP contribution >= 0.6 is 0 Å². The summed E-state index contributed by atoms with van der Waals surface area (Å²) >= 11 is 0. The second kappa shape index (κ2) is 6.19. The van der Waals surface area contributed by atoms with Crippen molar-refractivity contribution < 1.29 is 4.79 Å². The normalized spacial score (nSPS) is 10.2. The van der Waals surface area contributed by atoms with Crippen molar-refractivity contribution in [2.45, 2.75) is 20.3 Å². The van der Waals surface area contributed by atoms with Crippen molar-refractivity contribution in [2.75, 3.05) is 11.9 Å². The summed E-state index contributed by atoms with van der Waals surface area (Å²) in [6, 6.07) is 15.7. The molecule has 2 rings (SSSR count). The van der Waals surface area contributed by atoms with Crippen LogP contribution in [0.5, 0.6) is 0 Å². The van der Waals surface area contributed by atoms with Gasteiger partial charge in [0, 0.05) is 24.2 Å². The Morgan fingerprint density at radius 3 is 2.47 bits per heavy atom. The summed E-state index contributed by atoms with van der Waals surface area (Å²) in [6.07, 6.45) is 0.511. The lowest BCUT2D eigenvalue weighted by atomic mass is 10.1. The third-order valence-electron chi connectivity index (χ3n) is 3.15. The molecule has 2 nitrogen and oxygen atoms in total. The van der Waals surface area contributed by atoms with Gasteiger partial charge in [0.15, 0.2) is 5.78 Å². The third kappa shape index (κ3) is 3.68. The van der Waals surface area contributed by atoms with Gasteiger partial charge in [-0.1, -0.05) is 48.0 Å². The van der Waals surface area contributed by atoms with E-state index < -0.39 is 0 Å². The molecule has 0 heterocycles. The van der Waals surface area contributed by atoms with E-state index in [9.17, 15) is 4.79 Å². The molecule has 0 aliphatic heterocycles. The van der Waals surface area contributed by atoms with Crippen LogP contribution in [-0.2, 0) is 0 Å². The molecular formula is C17H19NO. The molecule has 0 aliphatic carbocycles. The molecular weight excluding hydrogens is 234 g/mol. The zero-order valence-electron chi connectivity index (χ0n) is 11.4. The number of carbonyl (C=O) groups is 1. The fourth-order valence-electron chi connectivity index (χ4n) is 2.09. The Morgan fingerprint density at radius 1 is 1.05 bits per heavy atom. The van der Waals surface area contributed by atoms with Crippen LogP contribution in [0.4, 0.5) is 5.69 Å². The smallest absolute Gasteiger partial charge is 0.164 e. The number of ketones is 1. The Kier molecular flexibility index (Phi) is 4.35. The summed E-state index contributed by atoms with van der Waals surface area (Å²) in [5, 5.41) is 3.32. The summed E-state index contributed by atoms with van der Waals surface area (Å²) in [7, 11) is 0. The van der Waals surface area contributed by atoms with E-state index in [0.717, 1.165) is 11.3 Å². The van der Waals surface area contributed by atoms with Crippen molar-refractivity contribution in [1.82, 2.24) is 0 Å². The van der Waals surface area contributed by atoms with Gasteiger partial charge in [0.25, 0.3) is 0 Å². The van der Waals surface area contributed by atoms with Gasteiger partial charge in [0.2, 0.25) is 0 Å². The number of benzene rings is 2. The van der Waals surface area contributed by atoms with Crippen molar-refractivity contribution in [1.29, 1.82) is 0 Å². The first kappa shape index (κ1) is 13.3. The highest BCUT2D eigenvalue weighted by Gasteiger charge is 2.04. The maximum absolute atomic E-state index is 11.9. The maximum atomic E-state index is 11.9. The van der Waals surface area contributed by atoms with Crippen molar-refractivity contribution in [3.8, 4) is 0 Å². The Morgan fingerprint density at radius 2 is 1.79 bits per heavy atom. The minimum atomic E-state index is 0.179. The van der Waals surface area contributed by atoms with E-state index >= 15 is 0 Å². The molecule has 0 radical (unpaired) electrons. The van der Waals surface area contributed by atoms with Crippen LogP contribution in [0, 0.1) is 13.8 Å². The van der Waals surface area contributed by atoms with Gasteiger partial charge in [0.05, 0.1) is 0 Å². The van der Waals surface area contributed by atoms with E-state index in [1.807, 2.05) is 30.3 Å². The molecule has 0 bridgehead atoms. The molecule has 0 unspecified atom stereocenters. The average molecular weight is 253 g/mol. The monoisotopic (exact) mass is 253 g/mol. The molecule has 2 aromatic carbocycles. The number of carbonyl (C=O) groups excluding carboxylic acids is 1. The highest BCUT2D eigenvalue weighted by atomic mass is 16.1. The van der Waals surface area contributed by atoms with Gasteiger partial charge in [-0.3, -0.25) is 4.79 Å². The minimum absolute atomic E-state index is 0.179. The first-order chi connectivity index (χ1) is 9.16. The van der Waals surface area contributed by atoms with E-state index in [1.54, 1.807) is 0 Å². The Bertz CT molecular complexity index is 561. The first-order valence-corrected chi connectivity index (χ1v) is 6.56. The number of hydrogen-bond donors (Lipinski definition) is 1. The van der Waals surface area contributed by atoms with Crippen LogP contribution in [0.1, 0.15) is 27.9 Å². The van der Waals surface area contributed by atoms with Gasteiger partial charge in [-0.2, -0.15) is 0 Å². The SMILES string of the molecule is Cc1ccc(NCCC(=O)c2ccccc2)c(C)c1. The molecule has 0 aromatic heterocycles.